The summed E-state index contributed by atoms with van der Waals surface area (Å²) in [5.74, 6) is 0.646. The molecule has 144 valence electrons. The van der Waals surface area contributed by atoms with E-state index in [9.17, 15) is 5.11 Å². The summed E-state index contributed by atoms with van der Waals surface area (Å²) >= 11 is 9.32. The van der Waals surface area contributed by atoms with Gasteiger partial charge in [0, 0.05) is 14.7 Å². The Morgan fingerprint density at radius 2 is 1.75 bits per heavy atom. The van der Waals surface area contributed by atoms with Crippen LogP contribution in [0.1, 0.15) is 42.2 Å². The number of phenols is 1. The van der Waals surface area contributed by atoms with E-state index in [1.807, 2.05) is 11.3 Å². The van der Waals surface area contributed by atoms with Crippen LogP contribution in [-0.2, 0) is 0 Å². The first kappa shape index (κ1) is 19.9. The molecular weight excluding hydrogens is 496 g/mol. The van der Waals surface area contributed by atoms with Crippen molar-refractivity contribution in [1.82, 2.24) is 0 Å². The van der Waals surface area contributed by atoms with Crippen LogP contribution in [0.3, 0.4) is 0 Å². The minimum absolute atomic E-state index is 0.291. The molecule has 0 fully saturated rings. The first-order valence-corrected chi connectivity index (χ1v) is 11.9. The van der Waals surface area contributed by atoms with Crippen molar-refractivity contribution in [2.45, 2.75) is 40.0 Å². The number of phenolic OH excluding ortho intramolecular Hbond substituents is 1. The van der Waals surface area contributed by atoms with Crippen LogP contribution in [0.2, 0.25) is 0 Å². The number of halogens is 2. The number of hydrogen-bond donors (Lipinski definition) is 1. The van der Waals surface area contributed by atoms with Crippen molar-refractivity contribution in [2.75, 3.05) is 0 Å². The molecule has 0 aliphatic heterocycles. The van der Waals surface area contributed by atoms with Gasteiger partial charge < -0.3 is 5.11 Å². The maximum absolute atomic E-state index is 10.6. The average Bonchev–Trinajstić information content (AvgIpc) is 2.99. The van der Waals surface area contributed by atoms with E-state index in [-0.39, 0.29) is 0 Å². The molecule has 1 N–H and O–H groups in total. The Labute approximate surface area is 186 Å². The zero-order valence-electron chi connectivity index (χ0n) is 16.4. The van der Waals surface area contributed by atoms with Gasteiger partial charge in [-0.15, -0.1) is 11.3 Å². The second-order valence-electron chi connectivity index (χ2n) is 7.43. The van der Waals surface area contributed by atoms with Crippen LogP contribution in [0.15, 0.2) is 45.3 Å². The summed E-state index contributed by atoms with van der Waals surface area (Å²) in [7, 11) is 0. The second kappa shape index (κ2) is 7.47. The van der Waals surface area contributed by atoms with Gasteiger partial charge in [-0.2, -0.15) is 0 Å². The van der Waals surface area contributed by atoms with Crippen molar-refractivity contribution in [3.05, 3.63) is 61.3 Å². The van der Waals surface area contributed by atoms with E-state index >= 15 is 0 Å². The maximum Gasteiger partial charge on any atom is 0.133 e. The summed E-state index contributed by atoms with van der Waals surface area (Å²) in [6.45, 7) is 8.73. The molecule has 3 aromatic carbocycles. The van der Waals surface area contributed by atoms with Crippen molar-refractivity contribution in [3.63, 3.8) is 0 Å². The lowest BCUT2D eigenvalue weighted by molar-refractivity contribution is 0.458. The molecule has 28 heavy (non-hydrogen) atoms. The summed E-state index contributed by atoms with van der Waals surface area (Å²) in [4.78, 5) is 1.34. The zero-order chi connectivity index (χ0) is 20.2. The van der Waals surface area contributed by atoms with E-state index in [4.69, 9.17) is 0 Å². The average molecular weight is 518 g/mol. The molecule has 0 radical (unpaired) electrons. The fourth-order valence-corrected chi connectivity index (χ4v) is 6.27. The Bertz CT molecular complexity index is 1220. The normalized spacial score (nSPS) is 12.8. The molecule has 1 nitrogen and oxygen atoms in total. The Hall–Kier alpha value is -1.36. The summed E-state index contributed by atoms with van der Waals surface area (Å²) < 4.78 is 3.21. The lowest BCUT2D eigenvalue weighted by atomic mass is 9.89. The maximum atomic E-state index is 10.6. The highest BCUT2D eigenvalue weighted by Crippen LogP contribution is 2.48. The fourth-order valence-electron chi connectivity index (χ4n) is 3.89. The van der Waals surface area contributed by atoms with Crippen molar-refractivity contribution in [2.24, 2.45) is 0 Å². The number of hydrogen-bond acceptors (Lipinski definition) is 2. The summed E-state index contributed by atoms with van der Waals surface area (Å²) in [6.07, 6.45) is 0.983. The van der Waals surface area contributed by atoms with Gasteiger partial charge >= 0.3 is 0 Å². The van der Waals surface area contributed by atoms with Gasteiger partial charge in [0.05, 0.1) is 9.17 Å². The summed E-state index contributed by atoms with van der Waals surface area (Å²) in [5, 5.41) is 14.4. The van der Waals surface area contributed by atoms with Gasteiger partial charge in [0.1, 0.15) is 5.75 Å². The predicted octanol–water partition coefficient (Wildman–Crippen LogP) is 9.08. The number of thiophene rings is 1. The van der Waals surface area contributed by atoms with Crippen molar-refractivity contribution in [1.29, 1.82) is 0 Å². The summed E-state index contributed by atoms with van der Waals surface area (Å²) in [5.41, 5.74) is 4.72. The van der Waals surface area contributed by atoms with Crippen molar-refractivity contribution in [3.8, 4) is 16.9 Å². The quantitative estimate of drug-likeness (QED) is 0.287. The van der Waals surface area contributed by atoms with Gasteiger partial charge in [0.15, 0.2) is 0 Å². The standard InChI is InChI=1S/C24H22Br2OS/c1-5-12(2)18-10-15(11-19(25)23(18)27)21-16-8-6-7-9-17(16)22(26)24-20(21)13(3)14(4)28-24/h6-12,27H,5H2,1-4H3. The Balaban J connectivity index is 2.20. The number of fused-ring (bicyclic) bond motifs is 2. The van der Waals surface area contributed by atoms with Gasteiger partial charge in [-0.05, 0) is 103 Å². The van der Waals surface area contributed by atoms with Crippen molar-refractivity contribution >= 4 is 64.1 Å². The Morgan fingerprint density at radius 3 is 2.43 bits per heavy atom. The van der Waals surface area contributed by atoms with Crippen molar-refractivity contribution < 1.29 is 5.11 Å². The largest absolute Gasteiger partial charge is 0.506 e. The second-order valence-corrected chi connectivity index (χ2v) is 10.3. The van der Waals surface area contributed by atoms with Crippen LogP contribution in [0.25, 0.3) is 32.0 Å². The topological polar surface area (TPSA) is 20.2 Å². The fraction of sp³-hybridized carbons (Fsp3) is 0.250. The third-order valence-corrected chi connectivity index (χ3v) is 8.71. The lowest BCUT2D eigenvalue weighted by Gasteiger charge is -2.18. The molecule has 0 amide bonds. The molecule has 4 rings (SSSR count). The van der Waals surface area contributed by atoms with Crippen LogP contribution in [0.4, 0.5) is 0 Å². The van der Waals surface area contributed by atoms with E-state index in [2.05, 4.69) is 96.0 Å². The highest BCUT2D eigenvalue weighted by Gasteiger charge is 2.21. The molecule has 0 spiro atoms. The Kier molecular flexibility index (Phi) is 5.32. The minimum atomic E-state index is 0.291. The third-order valence-electron chi connectivity index (χ3n) is 5.79. The molecule has 0 bridgehead atoms. The molecule has 0 aliphatic rings. The van der Waals surface area contributed by atoms with Crippen LogP contribution < -0.4 is 0 Å². The van der Waals surface area contributed by atoms with E-state index in [1.54, 1.807) is 0 Å². The molecule has 1 heterocycles. The number of aryl methyl sites for hydroxylation is 2. The number of aromatic hydroxyl groups is 1. The lowest BCUT2D eigenvalue weighted by Crippen LogP contribution is -1.95. The van der Waals surface area contributed by atoms with E-state index in [0.29, 0.717) is 11.7 Å². The molecular formula is C24H22Br2OS. The SMILES string of the molecule is CCC(C)c1cc(-c2c3ccccc3c(Br)c3sc(C)c(C)c23)cc(Br)c1O. The third kappa shape index (κ3) is 3.01. The highest BCUT2D eigenvalue weighted by atomic mass is 79.9. The van der Waals surface area contributed by atoms with Gasteiger partial charge in [0.25, 0.3) is 0 Å². The van der Waals surface area contributed by atoms with E-state index < -0.39 is 0 Å². The van der Waals surface area contributed by atoms with Gasteiger partial charge in [-0.1, -0.05) is 38.1 Å². The van der Waals surface area contributed by atoms with E-state index in [1.165, 1.54) is 41.3 Å². The Morgan fingerprint density at radius 1 is 1.07 bits per heavy atom. The van der Waals surface area contributed by atoms with Crippen LogP contribution in [-0.4, -0.2) is 5.11 Å². The monoisotopic (exact) mass is 516 g/mol. The minimum Gasteiger partial charge on any atom is -0.506 e. The van der Waals surface area contributed by atoms with Crippen LogP contribution in [0, 0.1) is 13.8 Å². The molecule has 1 atom stereocenters. The summed E-state index contributed by atoms with van der Waals surface area (Å²) in [6, 6.07) is 12.8. The molecule has 1 aromatic heterocycles. The first-order valence-electron chi connectivity index (χ1n) is 9.47. The molecule has 0 aliphatic carbocycles. The number of benzene rings is 3. The first-order chi connectivity index (χ1) is 13.3. The van der Waals surface area contributed by atoms with Gasteiger partial charge in [0.2, 0.25) is 0 Å². The molecule has 1 unspecified atom stereocenters. The molecule has 0 saturated heterocycles. The molecule has 4 heteroatoms. The number of rotatable bonds is 3. The van der Waals surface area contributed by atoms with Crippen LogP contribution in [0.5, 0.6) is 5.75 Å². The molecule has 4 aromatic rings. The van der Waals surface area contributed by atoms with E-state index in [0.717, 1.165) is 22.0 Å². The zero-order valence-corrected chi connectivity index (χ0v) is 20.3. The van der Waals surface area contributed by atoms with Gasteiger partial charge in [-0.3, -0.25) is 0 Å². The smallest absolute Gasteiger partial charge is 0.133 e. The van der Waals surface area contributed by atoms with Gasteiger partial charge in [-0.25, -0.2) is 0 Å². The molecule has 0 saturated carbocycles. The highest BCUT2D eigenvalue weighted by molar-refractivity contribution is 9.11. The predicted molar refractivity (Wildman–Crippen MR) is 130 cm³/mol. The van der Waals surface area contributed by atoms with Crippen LogP contribution >= 0.6 is 43.2 Å².